The summed E-state index contributed by atoms with van der Waals surface area (Å²) in [6.45, 7) is 4.16. The Morgan fingerprint density at radius 2 is 1.76 bits per heavy atom. The number of rotatable bonds is 4. The molecule has 190 valence electrons. The number of hydrogen-bond donors (Lipinski definition) is 1. The molecule has 1 unspecified atom stereocenters. The maximum Gasteiger partial charge on any atom is 0.232 e. The van der Waals surface area contributed by atoms with E-state index in [2.05, 4.69) is 19.2 Å². The molecule has 1 heterocycles. The number of Topliss-reactive ketones (excluding diaryl/α,β-unsaturated/α-hetero) is 1. The fraction of sp³-hybridized carbons (Fsp3) is 0.267. The van der Waals surface area contributed by atoms with Gasteiger partial charge in [0, 0.05) is 28.3 Å². The first-order chi connectivity index (χ1) is 17.7. The topological polar surface area (TPSA) is 58.6 Å². The van der Waals surface area contributed by atoms with E-state index in [4.69, 9.17) is 27.9 Å². The highest BCUT2D eigenvalue weighted by atomic mass is 35.5. The lowest BCUT2D eigenvalue weighted by molar-refractivity contribution is -0.119. The summed E-state index contributed by atoms with van der Waals surface area (Å²) >= 11 is 13.1. The molecule has 1 amide bonds. The van der Waals surface area contributed by atoms with Crippen LogP contribution in [0.4, 0.5) is 11.4 Å². The number of carbonyl (C=O) groups is 2. The number of hydrogen-bond acceptors (Lipinski definition) is 4. The number of ketones is 1. The van der Waals surface area contributed by atoms with Crippen molar-refractivity contribution in [2.75, 3.05) is 17.3 Å². The third-order valence-corrected chi connectivity index (χ3v) is 7.40. The lowest BCUT2D eigenvalue weighted by Crippen LogP contribution is -2.40. The smallest absolute Gasteiger partial charge is 0.232 e. The van der Waals surface area contributed by atoms with Gasteiger partial charge in [-0.3, -0.25) is 14.5 Å². The van der Waals surface area contributed by atoms with E-state index in [1.165, 1.54) is 7.11 Å². The van der Waals surface area contributed by atoms with Crippen molar-refractivity contribution >= 4 is 46.3 Å². The van der Waals surface area contributed by atoms with Gasteiger partial charge in [0.2, 0.25) is 5.91 Å². The molecule has 0 radical (unpaired) electrons. The number of allylic oxidation sites excluding steroid dienone is 1. The Bertz CT molecular complexity index is 1420. The largest absolute Gasteiger partial charge is 0.495 e. The minimum atomic E-state index is -0.780. The van der Waals surface area contributed by atoms with E-state index < -0.39 is 6.04 Å². The Balaban J connectivity index is 1.80. The van der Waals surface area contributed by atoms with E-state index in [9.17, 15) is 9.59 Å². The van der Waals surface area contributed by atoms with Crippen LogP contribution in [0.15, 0.2) is 78.0 Å². The van der Waals surface area contributed by atoms with Crippen molar-refractivity contribution in [1.82, 2.24) is 0 Å². The molecule has 0 saturated heterocycles. The molecular formula is C30H28Cl2N2O3. The summed E-state index contributed by atoms with van der Waals surface area (Å²) in [6, 6.07) is 19.8. The standard InChI is InChI=1S/C30H28Cl2N2O3/c1-30(2)16-23-27(25(35)17-30)28(20-14-19(31)15-21(32)29(20)37-3)34(24-12-8-7-11-22(24)33-23)26(36)13-18-9-5-4-6-10-18/h4-12,14-15,28,33H,13,16-17H2,1-3H3. The van der Waals surface area contributed by atoms with E-state index in [0.717, 1.165) is 16.9 Å². The van der Waals surface area contributed by atoms with Gasteiger partial charge in [-0.1, -0.05) is 79.5 Å². The molecule has 1 N–H and O–H groups in total. The van der Waals surface area contributed by atoms with Gasteiger partial charge in [-0.05, 0) is 41.7 Å². The van der Waals surface area contributed by atoms with Crippen molar-refractivity contribution in [2.24, 2.45) is 5.41 Å². The third-order valence-electron chi connectivity index (χ3n) is 6.90. The third kappa shape index (κ3) is 4.86. The minimum Gasteiger partial charge on any atom is -0.495 e. The molecule has 5 rings (SSSR count). The van der Waals surface area contributed by atoms with Crippen molar-refractivity contribution in [3.8, 4) is 5.75 Å². The van der Waals surface area contributed by atoms with Gasteiger partial charge in [0.15, 0.2) is 5.78 Å². The number of anilines is 2. The number of para-hydroxylation sites is 2. The van der Waals surface area contributed by atoms with Gasteiger partial charge >= 0.3 is 0 Å². The average Bonchev–Trinajstić information content (AvgIpc) is 2.97. The lowest BCUT2D eigenvalue weighted by atomic mass is 9.73. The molecule has 0 saturated carbocycles. The number of amides is 1. The zero-order valence-corrected chi connectivity index (χ0v) is 22.5. The van der Waals surface area contributed by atoms with Gasteiger partial charge < -0.3 is 10.1 Å². The predicted octanol–water partition coefficient (Wildman–Crippen LogP) is 7.39. The van der Waals surface area contributed by atoms with E-state index in [0.29, 0.717) is 45.5 Å². The molecule has 3 aromatic carbocycles. The summed E-state index contributed by atoms with van der Waals surface area (Å²) in [5.74, 6) is 0.208. The van der Waals surface area contributed by atoms with Crippen LogP contribution in [0.1, 0.15) is 43.9 Å². The Labute approximate surface area is 227 Å². The number of nitrogens with one attached hydrogen (secondary N) is 1. The van der Waals surface area contributed by atoms with Gasteiger partial charge in [0.1, 0.15) is 5.75 Å². The normalized spacial score (nSPS) is 18.5. The van der Waals surface area contributed by atoms with Crippen molar-refractivity contribution in [3.63, 3.8) is 0 Å². The fourth-order valence-electron chi connectivity index (χ4n) is 5.41. The highest BCUT2D eigenvalue weighted by Crippen LogP contribution is 2.51. The van der Waals surface area contributed by atoms with Crippen molar-refractivity contribution < 1.29 is 14.3 Å². The second kappa shape index (κ2) is 9.88. The van der Waals surface area contributed by atoms with Crippen LogP contribution in [0.5, 0.6) is 5.75 Å². The summed E-state index contributed by atoms with van der Waals surface area (Å²) < 4.78 is 5.73. The second-order valence-electron chi connectivity index (χ2n) is 10.3. The molecule has 37 heavy (non-hydrogen) atoms. The van der Waals surface area contributed by atoms with E-state index in [-0.39, 0.29) is 23.5 Å². The number of halogens is 2. The fourth-order valence-corrected chi connectivity index (χ4v) is 6.00. The number of benzene rings is 3. The molecule has 0 fully saturated rings. The Morgan fingerprint density at radius 3 is 2.49 bits per heavy atom. The summed E-state index contributed by atoms with van der Waals surface area (Å²) in [7, 11) is 1.53. The Kier molecular flexibility index (Phi) is 6.78. The van der Waals surface area contributed by atoms with Crippen LogP contribution in [-0.2, 0) is 16.0 Å². The van der Waals surface area contributed by atoms with Crippen molar-refractivity contribution in [3.05, 3.63) is 99.2 Å². The van der Waals surface area contributed by atoms with Crippen LogP contribution in [0.25, 0.3) is 0 Å². The van der Waals surface area contributed by atoms with E-state index in [1.807, 2.05) is 54.6 Å². The number of nitrogens with zero attached hydrogens (tertiary/aromatic N) is 1. The zero-order valence-electron chi connectivity index (χ0n) is 21.0. The molecular weight excluding hydrogens is 507 g/mol. The first-order valence-electron chi connectivity index (χ1n) is 12.2. The van der Waals surface area contributed by atoms with E-state index in [1.54, 1.807) is 17.0 Å². The summed E-state index contributed by atoms with van der Waals surface area (Å²) in [5, 5.41) is 4.23. The minimum absolute atomic E-state index is 0.0211. The van der Waals surface area contributed by atoms with Crippen molar-refractivity contribution in [2.45, 2.75) is 39.2 Å². The lowest BCUT2D eigenvalue weighted by Gasteiger charge is -2.37. The molecule has 3 aromatic rings. The Morgan fingerprint density at radius 1 is 1.05 bits per heavy atom. The van der Waals surface area contributed by atoms with Crippen LogP contribution in [0.2, 0.25) is 10.0 Å². The Hall–Kier alpha value is -3.28. The maximum absolute atomic E-state index is 14.2. The van der Waals surface area contributed by atoms with Crippen molar-refractivity contribution in [1.29, 1.82) is 0 Å². The first kappa shape index (κ1) is 25.4. The SMILES string of the molecule is COc1c(Cl)cc(Cl)cc1C1C2=C(CC(C)(C)CC2=O)Nc2ccccc2N1C(=O)Cc1ccccc1. The number of methoxy groups -OCH3 is 1. The summed E-state index contributed by atoms with van der Waals surface area (Å²) in [5.41, 5.74) is 3.98. The quantitative estimate of drug-likeness (QED) is 0.379. The maximum atomic E-state index is 14.2. The van der Waals surface area contributed by atoms with E-state index >= 15 is 0 Å². The van der Waals surface area contributed by atoms with Crippen LogP contribution >= 0.6 is 23.2 Å². The van der Waals surface area contributed by atoms with Gasteiger partial charge in [-0.15, -0.1) is 0 Å². The second-order valence-corrected chi connectivity index (χ2v) is 11.2. The van der Waals surface area contributed by atoms with Gasteiger partial charge in [-0.25, -0.2) is 0 Å². The molecule has 0 spiro atoms. The molecule has 2 aliphatic rings. The number of fused-ring (bicyclic) bond motifs is 1. The molecule has 1 aliphatic carbocycles. The molecule has 1 atom stereocenters. The molecule has 5 nitrogen and oxygen atoms in total. The van der Waals surface area contributed by atoms with Gasteiger partial charge in [0.05, 0.1) is 36.0 Å². The van der Waals surface area contributed by atoms with Gasteiger partial charge in [0.25, 0.3) is 0 Å². The zero-order chi connectivity index (χ0) is 26.3. The predicted molar refractivity (Wildman–Crippen MR) is 148 cm³/mol. The average molecular weight is 535 g/mol. The van der Waals surface area contributed by atoms with Crippen LogP contribution in [0.3, 0.4) is 0 Å². The monoisotopic (exact) mass is 534 g/mol. The van der Waals surface area contributed by atoms with Gasteiger partial charge in [-0.2, -0.15) is 0 Å². The highest BCUT2D eigenvalue weighted by Gasteiger charge is 2.44. The molecule has 0 bridgehead atoms. The first-order valence-corrected chi connectivity index (χ1v) is 13.0. The summed E-state index contributed by atoms with van der Waals surface area (Å²) in [6.07, 6.45) is 1.17. The summed E-state index contributed by atoms with van der Waals surface area (Å²) in [4.78, 5) is 29.8. The highest BCUT2D eigenvalue weighted by molar-refractivity contribution is 6.35. The molecule has 7 heteroatoms. The van der Waals surface area contributed by atoms with Crippen LogP contribution in [-0.4, -0.2) is 18.8 Å². The van der Waals surface area contributed by atoms with Crippen LogP contribution < -0.4 is 15.0 Å². The molecule has 0 aromatic heterocycles. The molecule has 1 aliphatic heterocycles. The number of ether oxygens (including phenoxy) is 1. The van der Waals surface area contributed by atoms with Crippen LogP contribution in [0, 0.1) is 5.41 Å². The number of carbonyl (C=O) groups excluding carboxylic acids is 2.